The second kappa shape index (κ2) is 10.3. The van der Waals surface area contributed by atoms with Crippen LogP contribution in [-0.2, 0) is 6.42 Å². The molecule has 0 aliphatic heterocycles. The molecule has 1 rings (SSSR count). The van der Waals surface area contributed by atoms with Crippen molar-refractivity contribution in [2.24, 2.45) is 0 Å². The number of hydrogen-bond acceptors (Lipinski definition) is 1. The van der Waals surface area contributed by atoms with Gasteiger partial charge in [-0.3, -0.25) is 0 Å². The number of nitrogens with zero attached hydrogens (tertiary/aromatic N) is 1. The first-order valence-electron chi connectivity index (χ1n) is 4.42. The van der Waals surface area contributed by atoms with Crippen LogP contribution in [0, 0.1) is 0 Å². The highest BCUT2D eigenvalue weighted by atomic mass is 35.5. The van der Waals surface area contributed by atoms with Gasteiger partial charge in [0.2, 0.25) is 0 Å². The summed E-state index contributed by atoms with van der Waals surface area (Å²) in [7, 11) is 6.00. The molecule has 80 valence electrons. The van der Waals surface area contributed by atoms with Crippen LogP contribution in [0.5, 0.6) is 0 Å². The zero-order valence-corrected chi connectivity index (χ0v) is 10.1. The third kappa shape index (κ3) is 11.2. The molecule has 1 aromatic rings. The van der Waals surface area contributed by atoms with Gasteiger partial charge in [-0.15, -0.1) is 19.0 Å². The molecule has 0 spiro atoms. The molecule has 0 heterocycles. The summed E-state index contributed by atoms with van der Waals surface area (Å²) in [5, 5.41) is 0. The first-order valence-corrected chi connectivity index (χ1v) is 4.42. The zero-order valence-electron chi connectivity index (χ0n) is 9.23. The second-order valence-corrected chi connectivity index (χ2v) is 3.32. The van der Waals surface area contributed by atoms with Crippen molar-refractivity contribution in [1.82, 2.24) is 4.90 Å². The minimum absolute atomic E-state index is 0. The lowest BCUT2D eigenvalue weighted by molar-refractivity contribution is 0.505. The number of hydrogen-bond donors (Lipinski definition) is 0. The van der Waals surface area contributed by atoms with Crippen molar-refractivity contribution >= 4 is 12.4 Å². The Labute approximate surface area is 93.9 Å². The van der Waals surface area contributed by atoms with E-state index in [1.165, 1.54) is 5.56 Å². The minimum atomic E-state index is 0. The van der Waals surface area contributed by atoms with Crippen molar-refractivity contribution in [1.29, 1.82) is 0 Å². The van der Waals surface area contributed by atoms with E-state index in [1.54, 1.807) is 0 Å². The molecule has 1 aromatic carbocycles. The quantitative estimate of drug-likeness (QED) is 0.683. The molecule has 0 fully saturated rings. The van der Waals surface area contributed by atoms with Gasteiger partial charge in [0.25, 0.3) is 0 Å². The predicted molar refractivity (Wildman–Crippen MR) is 67.2 cm³/mol. The van der Waals surface area contributed by atoms with E-state index in [9.17, 15) is 0 Å². The molecular formula is C12H20ClN. The molecule has 14 heavy (non-hydrogen) atoms. The Kier molecular flexibility index (Phi) is 11.5. The maximum atomic E-state index is 3.66. The summed E-state index contributed by atoms with van der Waals surface area (Å²) in [5.41, 5.74) is 1.33. The molecule has 1 nitrogen and oxygen atoms in total. The molecule has 0 saturated carbocycles. The van der Waals surface area contributed by atoms with Crippen LogP contribution in [0.2, 0.25) is 0 Å². The lowest BCUT2D eigenvalue weighted by Crippen LogP contribution is -1.99. The monoisotopic (exact) mass is 213 g/mol. The summed E-state index contributed by atoms with van der Waals surface area (Å²) in [6.07, 6.45) is 2.89. The van der Waals surface area contributed by atoms with Gasteiger partial charge in [-0.1, -0.05) is 36.4 Å². The SMILES string of the molecule is C=CCc1ccccc1.CN(C)C.Cl. The van der Waals surface area contributed by atoms with Gasteiger partial charge in [0.05, 0.1) is 0 Å². The van der Waals surface area contributed by atoms with Crippen LogP contribution < -0.4 is 0 Å². The van der Waals surface area contributed by atoms with Gasteiger partial charge in [-0.25, -0.2) is 0 Å². The van der Waals surface area contributed by atoms with Gasteiger partial charge < -0.3 is 4.90 Å². The Balaban J connectivity index is 0. The van der Waals surface area contributed by atoms with E-state index in [2.05, 4.69) is 18.7 Å². The van der Waals surface area contributed by atoms with Crippen LogP contribution in [0.1, 0.15) is 5.56 Å². The van der Waals surface area contributed by atoms with Crippen LogP contribution in [0.25, 0.3) is 0 Å². The molecule has 0 aliphatic carbocycles. The first-order chi connectivity index (χ1) is 6.16. The van der Waals surface area contributed by atoms with E-state index < -0.39 is 0 Å². The highest BCUT2D eigenvalue weighted by molar-refractivity contribution is 5.85. The summed E-state index contributed by atoms with van der Waals surface area (Å²) in [5.74, 6) is 0. The molecule has 0 aliphatic rings. The molecule has 0 N–H and O–H groups in total. The van der Waals surface area contributed by atoms with Gasteiger partial charge in [-0.2, -0.15) is 0 Å². The number of halogens is 1. The van der Waals surface area contributed by atoms with E-state index in [0.717, 1.165) is 6.42 Å². The Bertz CT molecular complexity index is 216. The Morgan fingerprint density at radius 3 is 1.93 bits per heavy atom. The van der Waals surface area contributed by atoms with E-state index in [0.29, 0.717) is 0 Å². The number of benzene rings is 1. The van der Waals surface area contributed by atoms with E-state index in [1.807, 2.05) is 50.3 Å². The van der Waals surface area contributed by atoms with Gasteiger partial charge >= 0.3 is 0 Å². The Morgan fingerprint density at radius 1 is 1.14 bits per heavy atom. The smallest absolute Gasteiger partial charge is 0.0100 e. The first kappa shape index (κ1) is 15.7. The van der Waals surface area contributed by atoms with E-state index in [-0.39, 0.29) is 12.4 Å². The standard InChI is InChI=1S/C9H10.C3H9N.ClH/c1-2-6-9-7-4-3-5-8-9;1-4(2)3;/h2-5,7-8H,1,6H2;1-3H3;1H. The fourth-order valence-electron chi connectivity index (χ4n) is 0.781. The molecule has 2 heteroatoms. The molecule has 0 unspecified atom stereocenters. The normalized spacial score (nSPS) is 8.29. The van der Waals surface area contributed by atoms with Crippen molar-refractivity contribution in [3.63, 3.8) is 0 Å². The fraction of sp³-hybridized carbons (Fsp3) is 0.333. The maximum Gasteiger partial charge on any atom is -0.0100 e. The van der Waals surface area contributed by atoms with Crippen molar-refractivity contribution in [2.45, 2.75) is 6.42 Å². The molecule has 0 radical (unpaired) electrons. The summed E-state index contributed by atoms with van der Waals surface area (Å²) >= 11 is 0. The summed E-state index contributed by atoms with van der Waals surface area (Å²) in [6.45, 7) is 3.66. The molecule has 0 aromatic heterocycles. The van der Waals surface area contributed by atoms with Crippen molar-refractivity contribution in [2.75, 3.05) is 21.1 Å². The predicted octanol–water partition coefficient (Wildman–Crippen LogP) is 3.01. The summed E-state index contributed by atoms with van der Waals surface area (Å²) in [6, 6.07) is 10.3. The average Bonchev–Trinajstić information content (AvgIpc) is 2.06. The molecule has 0 atom stereocenters. The van der Waals surface area contributed by atoms with Crippen LogP contribution in [0.15, 0.2) is 43.0 Å². The van der Waals surface area contributed by atoms with E-state index >= 15 is 0 Å². The van der Waals surface area contributed by atoms with Crippen molar-refractivity contribution in [3.05, 3.63) is 48.6 Å². The van der Waals surface area contributed by atoms with Crippen LogP contribution in [-0.4, -0.2) is 26.0 Å². The van der Waals surface area contributed by atoms with E-state index in [4.69, 9.17) is 0 Å². The number of allylic oxidation sites excluding steroid dienone is 1. The van der Waals surface area contributed by atoms with Gasteiger partial charge in [0.1, 0.15) is 0 Å². The fourth-order valence-corrected chi connectivity index (χ4v) is 0.781. The highest BCUT2D eigenvalue weighted by Gasteiger charge is 1.82. The van der Waals surface area contributed by atoms with Crippen molar-refractivity contribution in [3.8, 4) is 0 Å². The largest absolute Gasteiger partial charge is 0.312 e. The lowest BCUT2D eigenvalue weighted by Gasteiger charge is -1.91. The van der Waals surface area contributed by atoms with Gasteiger partial charge in [0.15, 0.2) is 0 Å². The minimum Gasteiger partial charge on any atom is -0.312 e. The third-order valence-corrected chi connectivity index (χ3v) is 1.22. The van der Waals surface area contributed by atoms with Crippen LogP contribution in [0.3, 0.4) is 0 Å². The maximum absolute atomic E-state index is 3.66. The summed E-state index contributed by atoms with van der Waals surface area (Å²) < 4.78 is 0. The van der Waals surface area contributed by atoms with Gasteiger partial charge in [-0.05, 0) is 33.1 Å². The molecule has 0 saturated heterocycles. The topological polar surface area (TPSA) is 3.24 Å². The highest BCUT2D eigenvalue weighted by Crippen LogP contribution is 1.98. The molecule has 0 bridgehead atoms. The lowest BCUT2D eigenvalue weighted by atomic mass is 10.2. The van der Waals surface area contributed by atoms with Crippen LogP contribution >= 0.6 is 12.4 Å². The molecule has 0 amide bonds. The third-order valence-electron chi connectivity index (χ3n) is 1.22. The Morgan fingerprint density at radius 2 is 1.57 bits per heavy atom. The summed E-state index contributed by atoms with van der Waals surface area (Å²) in [4.78, 5) is 2.00. The van der Waals surface area contributed by atoms with Crippen LogP contribution in [0.4, 0.5) is 0 Å². The van der Waals surface area contributed by atoms with Gasteiger partial charge in [0, 0.05) is 0 Å². The number of rotatable bonds is 2. The zero-order chi connectivity index (χ0) is 10.1. The average molecular weight is 214 g/mol. The Hall–Kier alpha value is -0.790. The second-order valence-electron chi connectivity index (χ2n) is 3.32. The van der Waals surface area contributed by atoms with Crippen molar-refractivity contribution < 1.29 is 0 Å². The molecular weight excluding hydrogens is 194 g/mol.